The van der Waals surface area contributed by atoms with Crippen molar-refractivity contribution < 1.29 is 18.0 Å². The van der Waals surface area contributed by atoms with Gasteiger partial charge in [-0.15, -0.1) is 0 Å². The molecule has 172 valence electrons. The van der Waals surface area contributed by atoms with Gasteiger partial charge in [0.1, 0.15) is 0 Å². The third kappa shape index (κ3) is 3.91. The second-order valence-electron chi connectivity index (χ2n) is 8.94. The normalized spacial score (nSPS) is 14.1. The number of anilines is 2. The first kappa shape index (κ1) is 23.0. The van der Waals surface area contributed by atoms with Crippen molar-refractivity contribution in [1.29, 1.82) is 0 Å². The zero-order valence-electron chi connectivity index (χ0n) is 18.8. The number of nitrogens with zero attached hydrogens (tertiary/aromatic N) is 3. The van der Waals surface area contributed by atoms with Gasteiger partial charge in [-0.2, -0.15) is 5.10 Å². The molecule has 0 saturated heterocycles. The molecule has 1 aliphatic rings. The first-order valence-electron chi connectivity index (χ1n) is 10.2. The van der Waals surface area contributed by atoms with E-state index in [-0.39, 0.29) is 38.0 Å². The molecule has 8 nitrogen and oxygen atoms in total. The molecule has 0 saturated carbocycles. The van der Waals surface area contributed by atoms with Gasteiger partial charge in [0.2, 0.25) is 0 Å². The molecule has 1 aliphatic heterocycles. The highest BCUT2D eigenvalue weighted by molar-refractivity contribution is 7.92. The number of sulfonamides is 1. The Morgan fingerprint density at radius 3 is 2.12 bits per heavy atom. The van der Waals surface area contributed by atoms with Gasteiger partial charge in [-0.05, 0) is 42.2 Å². The number of imide groups is 1. The predicted octanol–water partition coefficient (Wildman–Crippen LogP) is 4.28. The van der Waals surface area contributed by atoms with Crippen molar-refractivity contribution in [3.8, 4) is 0 Å². The minimum atomic E-state index is -4.03. The number of halogens is 1. The molecule has 1 N–H and O–H groups in total. The van der Waals surface area contributed by atoms with Crippen LogP contribution in [0, 0.1) is 6.92 Å². The Bertz CT molecular complexity index is 1380. The summed E-state index contributed by atoms with van der Waals surface area (Å²) >= 11 is 6.24. The Morgan fingerprint density at radius 1 is 0.970 bits per heavy atom. The number of amides is 2. The van der Waals surface area contributed by atoms with Gasteiger partial charge in [-0.1, -0.05) is 44.5 Å². The fourth-order valence-corrected chi connectivity index (χ4v) is 4.92. The first-order chi connectivity index (χ1) is 15.3. The fourth-order valence-electron chi connectivity index (χ4n) is 3.61. The van der Waals surface area contributed by atoms with Gasteiger partial charge in [0.05, 0.1) is 26.7 Å². The average molecular weight is 487 g/mol. The topological polar surface area (TPSA) is 101 Å². The number of hydrogen-bond acceptors (Lipinski definition) is 5. The Balaban J connectivity index is 1.74. The molecule has 0 unspecified atom stereocenters. The van der Waals surface area contributed by atoms with E-state index in [9.17, 15) is 18.0 Å². The Labute approximate surface area is 197 Å². The second kappa shape index (κ2) is 7.71. The Kier molecular flexibility index (Phi) is 5.37. The number of benzene rings is 2. The van der Waals surface area contributed by atoms with E-state index in [1.54, 1.807) is 32.2 Å². The summed E-state index contributed by atoms with van der Waals surface area (Å²) in [6.45, 7) is 7.88. The van der Waals surface area contributed by atoms with Gasteiger partial charge in [0.15, 0.2) is 5.82 Å². The summed E-state index contributed by atoms with van der Waals surface area (Å²) in [5.74, 6) is -1.21. The van der Waals surface area contributed by atoms with Gasteiger partial charge in [0.25, 0.3) is 21.8 Å². The zero-order valence-corrected chi connectivity index (χ0v) is 20.4. The van der Waals surface area contributed by atoms with Crippen LogP contribution >= 0.6 is 11.6 Å². The molecule has 2 amide bonds. The average Bonchev–Trinajstić information content (AvgIpc) is 3.19. The van der Waals surface area contributed by atoms with Crippen LogP contribution in [0.3, 0.4) is 0 Å². The molecule has 0 bridgehead atoms. The van der Waals surface area contributed by atoms with Crippen molar-refractivity contribution in [2.75, 3.05) is 9.62 Å². The number of nitrogens with one attached hydrogen (secondary N) is 1. The van der Waals surface area contributed by atoms with Crippen molar-refractivity contribution in [2.24, 2.45) is 7.05 Å². The molecule has 2 aromatic carbocycles. The maximum atomic E-state index is 13.2. The molecule has 4 rings (SSSR count). The quantitative estimate of drug-likeness (QED) is 0.554. The van der Waals surface area contributed by atoms with Crippen molar-refractivity contribution >= 4 is 44.9 Å². The molecular weight excluding hydrogens is 464 g/mol. The molecule has 33 heavy (non-hydrogen) atoms. The summed E-state index contributed by atoms with van der Waals surface area (Å²) in [4.78, 5) is 27.2. The fraction of sp³-hybridized carbons (Fsp3) is 0.261. The number of rotatable bonds is 4. The largest absolute Gasteiger partial charge is 0.279 e. The third-order valence-corrected chi connectivity index (χ3v) is 7.29. The van der Waals surface area contributed by atoms with E-state index in [0.29, 0.717) is 0 Å². The van der Waals surface area contributed by atoms with E-state index in [0.717, 1.165) is 16.2 Å². The number of carbonyl (C=O) groups excluding carboxylic acids is 2. The molecule has 3 aromatic rings. The van der Waals surface area contributed by atoms with E-state index in [1.165, 1.54) is 28.9 Å². The summed E-state index contributed by atoms with van der Waals surface area (Å²) in [5.41, 5.74) is 1.40. The van der Waals surface area contributed by atoms with Crippen LogP contribution < -0.4 is 9.62 Å². The molecule has 0 spiro atoms. The maximum absolute atomic E-state index is 13.2. The molecule has 0 fully saturated rings. The summed E-state index contributed by atoms with van der Waals surface area (Å²) < 4.78 is 30.1. The smallest absolute Gasteiger partial charge is 0.269 e. The van der Waals surface area contributed by atoms with E-state index < -0.39 is 21.8 Å². The van der Waals surface area contributed by atoms with Gasteiger partial charge >= 0.3 is 0 Å². The SMILES string of the molecule is Cc1cc(N2C(=O)c3c(Cl)ccc(NS(=O)(=O)c4ccc(C(C)(C)C)cc4)c3C2=O)nn1C. The Hall–Kier alpha value is -3.17. The van der Waals surface area contributed by atoms with Crippen LogP contribution in [0.2, 0.25) is 5.02 Å². The van der Waals surface area contributed by atoms with Gasteiger partial charge in [-0.25, -0.2) is 13.3 Å². The van der Waals surface area contributed by atoms with Crippen LogP contribution in [0.1, 0.15) is 52.7 Å². The zero-order chi connectivity index (χ0) is 24.3. The van der Waals surface area contributed by atoms with E-state index in [4.69, 9.17) is 11.6 Å². The number of aryl methyl sites for hydroxylation is 2. The van der Waals surface area contributed by atoms with Gasteiger partial charge < -0.3 is 0 Å². The molecule has 0 radical (unpaired) electrons. The molecule has 1 aromatic heterocycles. The van der Waals surface area contributed by atoms with Crippen molar-refractivity contribution in [3.63, 3.8) is 0 Å². The lowest BCUT2D eigenvalue weighted by molar-refractivity contribution is 0.0925. The van der Waals surface area contributed by atoms with Crippen LogP contribution in [0.25, 0.3) is 0 Å². The molecule has 10 heteroatoms. The second-order valence-corrected chi connectivity index (χ2v) is 11.0. The van der Waals surface area contributed by atoms with Crippen molar-refractivity contribution in [2.45, 2.75) is 38.0 Å². The summed E-state index contributed by atoms with van der Waals surface area (Å²) in [6.07, 6.45) is 0. The lowest BCUT2D eigenvalue weighted by atomic mass is 9.87. The lowest BCUT2D eigenvalue weighted by Gasteiger charge is -2.19. The number of aromatic nitrogens is 2. The summed E-state index contributed by atoms with van der Waals surface area (Å²) in [6, 6.07) is 10.9. The van der Waals surface area contributed by atoms with Crippen LogP contribution in [0.5, 0.6) is 0 Å². The molecule has 0 aliphatic carbocycles. The highest BCUT2D eigenvalue weighted by Gasteiger charge is 2.42. The minimum absolute atomic E-state index is 0.0252. The summed E-state index contributed by atoms with van der Waals surface area (Å²) in [5, 5.41) is 4.26. The van der Waals surface area contributed by atoms with Crippen molar-refractivity contribution in [3.05, 3.63) is 69.9 Å². The predicted molar refractivity (Wildman–Crippen MR) is 126 cm³/mol. The molecular formula is C23H23ClN4O4S. The monoisotopic (exact) mass is 486 g/mol. The van der Waals surface area contributed by atoms with E-state index in [2.05, 4.69) is 9.82 Å². The van der Waals surface area contributed by atoms with E-state index >= 15 is 0 Å². The summed E-state index contributed by atoms with van der Waals surface area (Å²) in [7, 11) is -2.34. The number of carbonyl (C=O) groups is 2. The first-order valence-corrected chi connectivity index (χ1v) is 12.0. The van der Waals surface area contributed by atoms with Crippen LogP contribution in [-0.2, 0) is 22.5 Å². The van der Waals surface area contributed by atoms with Crippen LogP contribution in [0.4, 0.5) is 11.5 Å². The van der Waals surface area contributed by atoms with E-state index in [1.807, 2.05) is 20.8 Å². The third-order valence-electron chi connectivity index (χ3n) is 5.59. The molecule has 2 heterocycles. The van der Waals surface area contributed by atoms with Crippen LogP contribution in [0.15, 0.2) is 47.4 Å². The highest BCUT2D eigenvalue weighted by atomic mass is 35.5. The highest BCUT2D eigenvalue weighted by Crippen LogP contribution is 2.37. The number of hydrogen-bond donors (Lipinski definition) is 1. The van der Waals surface area contributed by atoms with Gasteiger partial charge in [-0.3, -0.25) is 19.0 Å². The molecule has 0 atom stereocenters. The Morgan fingerprint density at radius 2 is 1.58 bits per heavy atom. The van der Waals surface area contributed by atoms with Crippen LogP contribution in [-0.4, -0.2) is 30.0 Å². The lowest BCUT2D eigenvalue weighted by Crippen LogP contribution is -2.30. The van der Waals surface area contributed by atoms with Gasteiger partial charge in [0, 0.05) is 18.8 Å². The minimum Gasteiger partial charge on any atom is -0.279 e. The van der Waals surface area contributed by atoms with Crippen molar-refractivity contribution in [1.82, 2.24) is 9.78 Å². The number of fused-ring (bicyclic) bond motifs is 1. The maximum Gasteiger partial charge on any atom is 0.269 e. The standard InChI is InChI=1S/C23H23ClN4O4S/c1-13-12-18(25-27(13)5)28-21(29)19-16(24)10-11-17(20(19)22(28)30)26-33(31,32)15-8-6-14(7-9-15)23(2,3)4/h6-12,26H,1-5H3.